The second kappa shape index (κ2) is 5.75. The van der Waals surface area contributed by atoms with Gasteiger partial charge in [-0.1, -0.05) is 17.7 Å². The summed E-state index contributed by atoms with van der Waals surface area (Å²) < 4.78 is 0. The summed E-state index contributed by atoms with van der Waals surface area (Å²) in [6.07, 6.45) is 2.55. The minimum Gasteiger partial charge on any atom is -0.508 e. The van der Waals surface area contributed by atoms with Gasteiger partial charge in [0, 0.05) is 22.9 Å². The molecule has 0 aliphatic carbocycles. The Bertz CT molecular complexity index is 1120. The van der Waals surface area contributed by atoms with Crippen molar-refractivity contribution in [3.8, 4) is 17.0 Å². The molecule has 0 saturated carbocycles. The van der Waals surface area contributed by atoms with Crippen LogP contribution in [0.15, 0.2) is 54.9 Å². The van der Waals surface area contributed by atoms with Crippen molar-refractivity contribution in [1.82, 2.24) is 15.0 Å². The molecular weight excluding hydrogens is 348 g/mol. The monoisotopic (exact) mass is 362 g/mol. The normalized spacial score (nSPS) is 13.3. The molecule has 0 bridgehead atoms. The summed E-state index contributed by atoms with van der Waals surface area (Å²) in [5.74, 6) is 1.09. The highest BCUT2D eigenvalue weighted by atomic mass is 35.5. The summed E-state index contributed by atoms with van der Waals surface area (Å²) in [7, 11) is 0. The number of aromatic nitrogens is 3. The molecule has 0 unspecified atom stereocenters. The Labute approximate surface area is 154 Å². The number of hydrogen-bond acceptors (Lipinski definition) is 4. The Morgan fingerprint density at radius 1 is 1.04 bits per heavy atom. The molecule has 0 amide bonds. The van der Waals surface area contributed by atoms with E-state index in [9.17, 15) is 5.11 Å². The molecule has 2 aromatic carbocycles. The van der Waals surface area contributed by atoms with Crippen LogP contribution in [-0.4, -0.2) is 26.6 Å². The molecule has 1 aliphatic rings. The second-order valence-electron chi connectivity index (χ2n) is 6.36. The predicted octanol–water partition coefficient (Wildman–Crippen LogP) is 4.68. The van der Waals surface area contributed by atoms with Crippen molar-refractivity contribution >= 4 is 34.1 Å². The first kappa shape index (κ1) is 15.2. The molecule has 26 heavy (non-hydrogen) atoms. The van der Waals surface area contributed by atoms with E-state index in [1.54, 1.807) is 18.5 Å². The molecule has 0 spiro atoms. The zero-order chi connectivity index (χ0) is 17.7. The Morgan fingerprint density at radius 3 is 2.73 bits per heavy atom. The van der Waals surface area contributed by atoms with Gasteiger partial charge in [-0.2, -0.15) is 0 Å². The van der Waals surface area contributed by atoms with E-state index in [1.807, 2.05) is 30.3 Å². The van der Waals surface area contributed by atoms with Crippen molar-refractivity contribution < 1.29 is 5.11 Å². The van der Waals surface area contributed by atoms with Gasteiger partial charge >= 0.3 is 0 Å². The molecular formula is C20H15ClN4O. The van der Waals surface area contributed by atoms with Gasteiger partial charge in [-0.15, -0.1) is 0 Å². The largest absolute Gasteiger partial charge is 0.508 e. The maximum absolute atomic E-state index is 9.50. The summed E-state index contributed by atoms with van der Waals surface area (Å²) >= 11 is 6.20. The van der Waals surface area contributed by atoms with Crippen LogP contribution in [0, 0.1) is 0 Å². The van der Waals surface area contributed by atoms with Crippen molar-refractivity contribution in [2.75, 3.05) is 11.4 Å². The minimum atomic E-state index is 0.246. The number of fused-ring (bicyclic) bond motifs is 2. The van der Waals surface area contributed by atoms with Gasteiger partial charge in [0.15, 0.2) is 5.82 Å². The van der Waals surface area contributed by atoms with Crippen LogP contribution in [0.2, 0.25) is 5.02 Å². The molecule has 128 valence electrons. The maximum Gasteiger partial charge on any atom is 0.160 e. The van der Waals surface area contributed by atoms with E-state index in [2.05, 4.69) is 25.9 Å². The number of H-pyrrole nitrogens is 1. The van der Waals surface area contributed by atoms with Gasteiger partial charge in [-0.05, 0) is 60.0 Å². The van der Waals surface area contributed by atoms with E-state index in [1.165, 1.54) is 5.56 Å². The molecule has 4 aromatic rings. The summed E-state index contributed by atoms with van der Waals surface area (Å²) in [6.45, 7) is 0.856. The van der Waals surface area contributed by atoms with Crippen molar-refractivity contribution in [2.24, 2.45) is 0 Å². The fourth-order valence-corrected chi connectivity index (χ4v) is 3.67. The molecule has 3 heterocycles. The van der Waals surface area contributed by atoms with Crippen LogP contribution in [0.1, 0.15) is 5.56 Å². The lowest BCUT2D eigenvalue weighted by molar-refractivity contribution is 0.475. The zero-order valence-electron chi connectivity index (χ0n) is 13.8. The van der Waals surface area contributed by atoms with Crippen LogP contribution in [0.5, 0.6) is 5.75 Å². The summed E-state index contributed by atoms with van der Waals surface area (Å²) in [5, 5.41) is 10.2. The molecule has 5 nitrogen and oxygen atoms in total. The summed E-state index contributed by atoms with van der Waals surface area (Å²) in [5.41, 5.74) is 6.03. The van der Waals surface area contributed by atoms with Crippen LogP contribution in [-0.2, 0) is 6.42 Å². The van der Waals surface area contributed by atoms with E-state index in [-0.39, 0.29) is 5.75 Å². The topological polar surface area (TPSA) is 65.0 Å². The van der Waals surface area contributed by atoms with Gasteiger partial charge in [0.25, 0.3) is 0 Å². The number of hydrogen-bond donors (Lipinski definition) is 2. The average molecular weight is 363 g/mol. The number of nitrogens with one attached hydrogen (secondary N) is 1. The number of rotatable bonds is 2. The van der Waals surface area contributed by atoms with E-state index in [0.29, 0.717) is 0 Å². The summed E-state index contributed by atoms with van der Waals surface area (Å²) in [4.78, 5) is 14.6. The molecule has 0 fully saturated rings. The molecule has 0 atom stereocenters. The number of phenolic OH excluding ortho intramolecular Hbond substituents is 1. The van der Waals surface area contributed by atoms with Gasteiger partial charge in [0.05, 0.1) is 5.52 Å². The van der Waals surface area contributed by atoms with E-state index in [0.717, 1.165) is 51.8 Å². The van der Waals surface area contributed by atoms with E-state index >= 15 is 0 Å². The Balaban J connectivity index is 1.64. The van der Waals surface area contributed by atoms with Crippen molar-refractivity contribution in [1.29, 1.82) is 0 Å². The van der Waals surface area contributed by atoms with E-state index < -0.39 is 0 Å². The Hall–Kier alpha value is -3.05. The van der Waals surface area contributed by atoms with Crippen molar-refractivity contribution in [3.05, 3.63) is 65.4 Å². The van der Waals surface area contributed by atoms with Crippen molar-refractivity contribution in [3.63, 3.8) is 0 Å². The first-order chi connectivity index (χ1) is 12.7. The third-order valence-corrected chi connectivity index (χ3v) is 5.01. The number of halogens is 1. The Kier molecular flexibility index (Phi) is 3.36. The lowest BCUT2D eigenvalue weighted by atomic mass is 10.1. The van der Waals surface area contributed by atoms with Crippen LogP contribution in [0.4, 0.5) is 11.5 Å². The maximum atomic E-state index is 9.50. The predicted molar refractivity (Wildman–Crippen MR) is 103 cm³/mol. The van der Waals surface area contributed by atoms with Crippen LogP contribution in [0.25, 0.3) is 22.3 Å². The van der Waals surface area contributed by atoms with Gasteiger partial charge < -0.3 is 15.0 Å². The lowest BCUT2D eigenvalue weighted by Gasteiger charge is -2.18. The number of aromatic amines is 1. The SMILES string of the molecule is Oc1ccc(-c2cc3ncnc(N4CCc5ccc(Cl)cc54)c3[nH]2)cc1. The van der Waals surface area contributed by atoms with Crippen LogP contribution >= 0.6 is 11.6 Å². The third-order valence-electron chi connectivity index (χ3n) is 4.77. The van der Waals surface area contributed by atoms with E-state index in [4.69, 9.17) is 11.6 Å². The molecule has 1 aliphatic heterocycles. The van der Waals surface area contributed by atoms with Crippen molar-refractivity contribution in [2.45, 2.75) is 6.42 Å². The van der Waals surface area contributed by atoms with Crippen LogP contribution in [0.3, 0.4) is 0 Å². The molecule has 5 rings (SSSR count). The first-order valence-electron chi connectivity index (χ1n) is 8.38. The quantitative estimate of drug-likeness (QED) is 0.543. The Morgan fingerprint density at radius 2 is 1.88 bits per heavy atom. The molecule has 0 saturated heterocycles. The molecule has 6 heteroatoms. The highest BCUT2D eigenvalue weighted by Crippen LogP contribution is 2.38. The fourth-order valence-electron chi connectivity index (χ4n) is 3.50. The number of benzene rings is 2. The molecule has 2 aromatic heterocycles. The number of phenols is 1. The second-order valence-corrected chi connectivity index (χ2v) is 6.80. The number of aromatic hydroxyl groups is 1. The fraction of sp³-hybridized carbons (Fsp3) is 0.100. The smallest absolute Gasteiger partial charge is 0.160 e. The zero-order valence-corrected chi connectivity index (χ0v) is 14.5. The van der Waals surface area contributed by atoms with Crippen LogP contribution < -0.4 is 4.90 Å². The molecule has 0 radical (unpaired) electrons. The number of anilines is 2. The lowest BCUT2D eigenvalue weighted by Crippen LogP contribution is -2.15. The highest BCUT2D eigenvalue weighted by molar-refractivity contribution is 6.31. The van der Waals surface area contributed by atoms with Gasteiger partial charge in [0.2, 0.25) is 0 Å². The van der Waals surface area contributed by atoms with Gasteiger partial charge in [0.1, 0.15) is 17.6 Å². The third kappa shape index (κ3) is 2.40. The minimum absolute atomic E-state index is 0.246. The highest BCUT2D eigenvalue weighted by Gasteiger charge is 2.24. The average Bonchev–Trinajstić information content (AvgIpc) is 3.25. The number of nitrogens with zero attached hydrogens (tertiary/aromatic N) is 3. The van der Waals surface area contributed by atoms with Gasteiger partial charge in [-0.25, -0.2) is 9.97 Å². The molecule has 2 N–H and O–H groups in total. The summed E-state index contributed by atoms with van der Waals surface area (Å²) in [6, 6.07) is 15.1. The van der Waals surface area contributed by atoms with Gasteiger partial charge in [-0.3, -0.25) is 0 Å². The first-order valence-corrected chi connectivity index (χ1v) is 8.76. The standard InChI is InChI=1S/C20H15ClN4O/c21-14-4-1-13-7-8-25(18(13)9-14)20-19-17(22-11-23-20)10-16(24-19)12-2-5-15(26)6-3-12/h1-6,9-11,24,26H,7-8H2.